The maximum Gasteiger partial charge on any atom is 0.335 e. The topological polar surface area (TPSA) is 93.1 Å². The number of nitrogens with zero attached hydrogens (tertiary/aromatic N) is 2. The molecule has 1 atom stereocenters. The molecule has 0 spiro atoms. The molecule has 1 N–H and O–H groups in total. The summed E-state index contributed by atoms with van der Waals surface area (Å²) in [7, 11) is 0. The zero-order chi connectivity index (χ0) is 32.1. The van der Waals surface area contributed by atoms with Crippen LogP contribution in [-0.4, -0.2) is 52.1 Å². The van der Waals surface area contributed by atoms with E-state index in [2.05, 4.69) is 0 Å². The number of anilines is 1. The van der Waals surface area contributed by atoms with E-state index < -0.39 is 69.6 Å². The number of ether oxygens (including phenoxy) is 1. The number of carbonyl (C=O) groups excluding carboxylic acids is 1. The monoisotopic (exact) mass is 642 g/mol. The van der Waals surface area contributed by atoms with Crippen LogP contribution in [0.25, 0.3) is 0 Å². The predicted octanol–water partition coefficient (Wildman–Crippen LogP) is 6.08. The average Bonchev–Trinajstić information content (AvgIpc) is 3.02. The largest absolute Gasteiger partial charge is 0.593 e. The molecule has 7 nitrogen and oxygen atoms in total. The molecular formula is C30H28F6N2O5S. The van der Waals surface area contributed by atoms with Crippen molar-refractivity contribution in [2.45, 2.75) is 43.5 Å². The lowest BCUT2D eigenvalue weighted by Crippen LogP contribution is -2.44. The third-order valence-electron chi connectivity index (χ3n) is 7.16. The van der Waals surface area contributed by atoms with Crippen LogP contribution in [0.4, 0.5) is 32.0 Å². The van der Waals surface area contributed by atoms with E-state index in [9.17, 15) is 41.2 Å². The standard InChI is InChI=1S/C30H28F6N2O5S/c1-2-11-37(44(42)29-27(35)25(33)24(32)26(34)28(29)36)16-23(39)38(22-8-7-20(30(40)41)14-21(22)31)15-17-3-5-18(6-4-17)19-9-12-43-13-10-19/h3-8,14,19H,2,9-13,15-16H2,1H3,(H,40,41). The van der Waals surface area contributed by atoms with Crippen LogP contribution in [0, 0.1) is 34.9 Å². The molecule has 1 fully saturated rings. The van der Waals surface area contributed by atoms with E-state index >= 15 is 4.39 Å². The van der Waals surface area contributed by atoms with E-state index in [0.29, 0.717) is 29.1 Å². The van der Waals surface area contributed by atoms with Crippen molar-refractivity contribution in [3.05, 3.63) is 94.1 Å². The van der Waals surface area contributed by atoms with E-state index in [-0.39, 0.29) is 36.7 Å². The van der Waals surface area contributed by atoms with Gasteiger partial charge in [0.1, 0.15) is 12.4 Å². The Morgan fingerprint density at radius 1 is 0.932 bits per heavy atom. The minimum atomic E-state index is -3.03. The Kier molecular flexibility index (Phi) is 10.9. The van der Waals surface area contributed by atoms with Crippen LogP contribution in [0.1, 0.15) is 53.6 Å². The number of rotatable bonds is 11. The van der Waals surface area contributed by atoms with Crippen LogP contribution in [0.15, 0.2) is 47.4 Å². The van der Waals surface area contributed by atoms with Gasteiger partial charge in [-0.25, -0.2) is 22.4 Å². The number of aromatic carboxylic acids is 1. The van der Waals surface area contributed by atoms with Crippen LogP contribution in [-0.2, 0) is 27.4 Å². The molecule has 1 unspecified atom stereocenters. The second kappa shape index (κ2) is 14.5. The molecule has 1 aliphatic rings. The van der Waals surface area contributed by atoms with E-state index in [4.69, 9.17) is 4.74 Å². The summed E-state index contributed by atoms with van der Waals surface area (Å²) in [5.41, 5.74) is 0.851. The molecule has 1 heterocycles. The van der Waals surface area contributed by atoms with Crippen molar-refractivity contribution in [1.29, 1.82) is 0 Å². The highest BCUT2D eigenvalue weighted by Gasteiger charge is 2.38. The van der Waals surface area contributed by atoms with Crippen molar-refractivity contribution in [2.24, 2.45) is 0 Å². The molecular weight excluding hydrogens is 614 g/mol. The fourth-order valence-corrected chi connectivity index (χ4v) is 6.17. The number of amides is 1. The summed E-state index contributed by atoms with van der Waals surface area (Å²) in [6, 6.07) is 10.0. The second-order valence-electron chi connectivity index (χ2n) is 10.1. The Bertz CT molecular complexity index is 1490. The van der Waals surface area contributed by atoms with E-state index in [1.165, 1.54) is 0 Å². The number of hydrogen-bond acceptors (Lipinski definition) is 5. The third-order valence-corrected chi connectivity index (χ3v) is 8.65. The average molecular weight is 643 g/mol. The molecule has 0 radical (unpaired) electrons. The highest BCUT2D eigenvalue weighted by Crippen LogP contribution is 2.31. The summed E-state index contributed by atoms with van der Waals surface area (Å²) in [5, 5.41) is 9.23. The first-order valence-corrected chi connectivity index (χ1v) is 14.7. The quantitative estimate of drug-likeness (QED) is 0.118. The van der Waals surface area contributed by atoms with Crippen LogP contribution >= 0.6 is 0 Å². The zero-order valence-electron chi connectivity index (χ0n) is 23.4. The van der Waals surface area contributed by atoms with Gasteiger partial charge in [-0.15, -0.1) is 4.31 Å². The number of carboxylic acid groups (broad SMARTS) is 1. The third kappa shape index (κ3) is 7.20. The first-order valence-electron chi connectivity index (χ1n) is 13.6. The lowest BCUT2D eigenvalue weighted by atomic mass is 9.91. The summed E-state index contributed by atoms with van der Waals surface area (Å²) in [4.78, 5) is 24.3. The van der Waals surface area contributed by atoms with Crippen LogP contribution in [0.2, 0.25) is 0 Å². The van der Waals surface area contributed by atoms with Gasteiger partial charge in [0.15, 0.2) is 0 Å². The van der Waals surface area contributed by atoms with Crippen molar-refractivity contribution in [2.75, 3.05) is 31.2 Å². The Hall–Kier alpha value is -3.59. The van der Waals surface area contributed by atoms with Gasteiger partial charge >= 0.3 is 5.97 Å². The molecule has 3 aromatic carbocycles. The Balaban J connectivity index is 1.67. The van der Waals surface area contributed by atoms with Gasteiger partial charge in [-0.2, -0.15) is 8.78 Å². The molecule has 14 heteroatoms. The molecule has 236 valence electrons. The summed E-state index contributed by atoms with van der Waals surface area (Å²) in [5.74, 6) is -14.8. The fraction of sp³-hybridized carbons (Fsp3) is 0.333. The first-order chi connectivity index (χ1) is 20.9. The summed E-state index contributed by atoms with van der Waals surface area (Å²) >= 11 is -3.03. The Labute approximate surface area is 252 Å². The normalized spacial score (nSPS) is 14.6. The Morgan fingerprint density at radius 3 is 2.07 bits per heavy atom. The molecule has 1 amide bonds. The summed E-state index contributed by atoms with van der Waals surface area (Å²) in [6.45, 7) is 1.43. The highest BCUT2D eigenvalue weighted by molar-refractivity contribution is 7.89. The zero-order valence-corrected chi connectivity index (χ0v) is 24.2. The summed E-state index contributed by atoms with van der Waals surface area (Å²) in [6.07, 6.45) is 1.82. The van der Waals surface area contributed by atoms with E-state index in [0.717, 1.165) is 35.4 Å². The maximum absolute atomic E-state index is 15.2. The highest BCUT2D eigenvalue weighted by atomic mass is 32.2. The molecule has 0 aliphatic carbocycles. The van der Waals surface area contributed by atoms with Gasteiger partial charge in [0.25, 0.3) is 4.90 Å². The van der Waals surface area contributed by atoms with E-state index in [1.54, 1.807) is 19.1 Å². The van der Waals surface area contributed by atoms with Crippen molar-refractivity contribution in [3.63, 3.8) is 0 Å². The second-order valence-corrected chi connectivity index (χ2v) is 11.5. The molecule has 0 bridgehead atoms. The number of benzene rings is 3. The van der Waals surface area contributed by atoms with Crippen molar-refractivity contribution >= 4 is 28.9 Å². The van der Waals surface area contributed by atoms with Gasteiger partial charge in [-0.3, -0.25) is 4.79 Å². The number of carbonyl (C=O) groups is 2. The molecule has 1 saturated heterocycles. The summed E-state index contributed by atoms with van der Waals surface area (Å²) < 4.78 is 105. The van der Waals surface area contributed by atoms with Gasteiger partial charge in [-0.05, 0) is 54.5 Å². The van der Waals surface area contributed by atoms with Gasteiger partial charge in [0, 0.05) is 19.8 Å². The SMILES string of the molecule is CCCN(CC(=O)N(Cc1ccc(C2CCOCC2)cc1)c1ccc(C(=O)O)cc1F)[S+]([O-])c1c(F)c(F)c(F)c(F)c1F. The number of hydrogen-bond donors (Lipinski definition) is 1. The maximum atomic E-state index is 15.2. The molecule has 1 aliphatic heterocycles. The van der Waals surface area contributed by atoms with Gasteiger partial charge in [0.05, 0.1) is 29.2 Å². The number of halogens is 6. The van der Waals surface area contributed by atoms with Gasteiger partial charge < -0.3 is 19.3 Å². The molecule has 0 aromatic heterocycles. The molecule has 44 heavy (non-hydrogen) atoms. The van der Waals surface area contributed by atoms with Crippen LogP contribution < -0.4 is 4.90 Å². The minimum Gasteiger partial charge on any atom is -0.593 e. The lowest BCUT2D eigenvalue weighted by molar-refractivity contribution is -0.119. The van der Waals surface area contributed by atoms with E-state index in [1.807, 2.05) is 12.1 Å². The van der Waals surface area contributed by atoms with Crippen LogP contribution in [0.5, 0.6) is 0 Å². The van der Waals surface area contributed by atoms with Crippen molar-refractivity contribution < 1.29 is 50.3 Å². The van der Waals surface area contributed by atoms with Gasteiger partial charge in [-0.1, -0.05) is 31.2 Å². The first kappa shape index (κ1) is 33.3. The van der Waals surface area contributed by atoms with Crippen molar-refractivity contribution in [1.82, 2.24) is 4.31 Å². The fourth-order valence-electron chi connectivity index (χ4n) is 4.85. The number of carboxylic acids is 1. The minimum absolute atomic E-state index is 0.157. The molecule has 4 rings (SSSR count). The molecule has 3 aromatic rings. The van der Waals surface area contributed by atoms with Crippen molar-refractivity contribution in [3.8, 4) is 0 Å². The smallest absolute Gasteiger partial charge is 0.335 e. The predicted molar refractivity (Wildman–Crippen MR) is 148 cm³/mol. The Morgan fingerprint density at radius 2 is 1.52 bits per heavy atom. The van der Waals surface area contributed by atoms with Gasteiger partial charge in [0.2, 0.25) is 35.0 Å². The molecule has 0 saturated carbocycles. The van der Waals surface area contributed by atoms with Crippen LogP contribution in [0.3, 0.4) is 0 Å². The lowest BCUT2D eigenvalue weighted by Gasteiger charge is -2.28.